The van der Waals surface area contributed by atoms with Crippen LogP contribution in [0.4, 0.5) is 30.2 Å². The van der Waals surface area contributed by atoms with E-state index in [1.165, 1.54) is 18.2 Å². The third-order valence-corrected chi connectivity index (χ3v) is 4.42. The Kier molecular flexibility index (Phi) is 4.43. The first-order valence-corrected chi connectivity index (χ1v) is 8.53. The Morgan fingerprint density at radius 3 is 2.43 bits per heavy atom. The predicted molar refractivity (Wildman–Crippen MR) is 104 cm³/mol. The highest BCUT2D eigenvalue weighted by atomic mass is 19.4. The molecule has 0 aliphatic carbocycles. The normalized spacial score (nSPS) is 13.3. The number of alkyl halides is 3. The Morgan fingerprint density at radius 2 is 1.71 bits per heavy atom. The van der Waals surface area contributed by atoms with E-state index in [1.54, 1.807) is 6.34 Å². The summed E-state index contributed by atoms with van der Waals surface area (Å²) in [5, 5.41) is 0. The molecule has 0 saturated heterocycles. The summed E-state index contributed by atoms with van der Waals surface area (Å²) < 4.78 is 41.1. The molecule has 4 nitrogen and oxygen atoms in total. The van der Waals surface area contributed by atoms with Crippen LogP contribution in [0.25, 0.3) is 11.1 Å². The fourth-order valence-electron chi connectivity index (χ4n) is 3.07. The van der Waals surface area contributed by atoms with Crippen LogP contribution in [0.2, 0.25) is 0 Å². The second kappa shape index (κ2) is 6.92. The van der Waals surface area contributed by atoms with E-state index in [2.05, 4.69) is 9.73 Å². The molecule has 0 atom stereocenters. The van der Waals surface area contributed by atoms with Crippen molar-refractivity contribution in [3.05, 3.63) is 72.3 Å². The quantitative estimate of drug-likeness (QED) is 0.607. The van der Waals surface area contributed by atoms with Crippen LogP contribution in [0.5, 0.6) is 5.75 Å². The number of nitrogens with zero attached hydrogens (tertiary/aromatic N) is 2. The van der Waals surface area contributed by atoms with E-state index in [9.17, 15) is 13.2 Å². The lowest BCUT2D eigenvalue weighted by Crippen LogP contribution is -2.23. The van der Waals surface area contributed by atoms with Crippen LogP contribution in [-0.2, 0) is 6.54 Å². The number of nitrogens with two attached hydrogens (primary N) is 1. The van der Waals surface area contributed by atoms with Crippen molar-refractivity contribution in [3.63, 3.8) is 0 Å². The molecule has 3 aromatic rings. The largest absolute Gasteiger partial charge is 0.573 e. The van der Waals surface area contributed by atoms with Gasteiger partial charge in [-0.2, -0.15) is 0 Å². The summed E-state index contributed by atoms with van der Waals surface area (Å²) in [6.45, 7) is 0.535. The molecule has 0 aromatic heterocycles. The van der Waals surface area contributed by atoms with Gasteiger partial charge in [0.2, 0.25) is 0 Å². The molecule has 1 heterocycles. The van der Waals surface area contributed by atoms with Gasteiger partial charge in [0.15, 0.2) is 5.75 Å². The molecule has 1 aliphatic rings. The van der Waals surface area contributed by atoms with Crippen molar-refractivity contribution in [1.29, 1.82) is 0 Å². The predicted octanol–water partition coefficient (Wildman–Crippen LogP) is 5.51. The number of nitrogen functional groups attached to an aromatic ring is 1. The maximum absolute atomic E-state index is 12.4. The van der Waals surface area contributed by atoms with E-state index >= 15 is 0 Å². The molecule has 0 radical (unpaired) electrons. The van der Waals surface area contributed by atoms with Crippen LogP contribution in [0.3, 0.4) is 0 Å². The molecular formula is C21H16F3N3O. The van der Waals surface area contributed by atoms with Gasteiger partial charge in [-0.25, -0.2) is 4.99 Å². The molecule has 4 rings (SSSR count). The van der Waals surface area contributed by atoms with Gasteiger partial charge < -0.3 is 15.4 Å². The standard InChI is InChI=1S/C21H16F3N3O/c22-21(23,24)28-20-9-8-17(11-18(20)25)27-12-16-7-6-15(10-19(16)26-13-27)14-4-2-1-3-5-14/h1-11,13H,12,25H2. The lowest BCUT2D eigenvalue weighted by atomic mass is 10.0. The average Bonchev–Trinajstić information content (AvgIpc) is 2.68. The van der Waals surface area contributed by atoms with E-state index in [0.717, 1.165) is 22.4 Å². The molecule has 0 spiro atoms. The highest BCUT2D eigenvalue weighted by Crippen LogP contribution is 2.35. The van der Waals surface area contributed by atoms with Crippen molar-refractivity contribution in [2.45, 2.75) is 12.9 Å². The Balaban J connectivity index is 1.57. The van der Waals surface area contributed by atoms with E-state index in [-0.39, 0.29) is 5.69 Å². The maximum atomic E-state index is 12.4. The first-order valence-electron chi connectivity index (χ1n) is 8.53. The van der Waals surface area contributed by atoms with E-state index in [0.29, 0.717) is 12.2 Å². The van der Waals surface area contributed by atoms with Gasteiger partial charge in [-0.15, -0.1) is 13.2 Å². The topological polar surface area (TPSA) is 50.8 Å². The van der Waals surface area contributed by atoms with Crippen LogP contribution in [0, 0.1) is 0 Å². The molecule has 0 amide bonds. The lowest BCUT2D eigenvalue weighted by molar-refractivity contribution is -0.274. The smallest absolute Gasteiger partial charge is 0.404 e. The third kappa shape index (κ3) is 3.78. The molecule has 2 N–H and O–H groups in total. The second-order valence-electron chi connectivity index (χ2n) is 6.35. The van der Waals surface area contributed by atoms with Gasteiger partial charge in [-0.1, -0.05) is 42.5 Å². The number of hydrogen-bond donors (Lipinski definition) is 1. The zero-order chi connectivity index (χ0) is 19.7. The fourth-order valence-corrected chi connectivity index (χ4v) is 3.07. The Morgan fingerprint density at radius 1 is 0.929 bits per heavy atom. The van der Waals surface area contributed by atoms with Crippen molar-refractivity contribution in [1.82, 2.24) is 0 Å². The van der Waals surface area contributed by atoms with Crippen LogP contribution < -0.4 is 15.4 Å². The summed E-state index contributed by atoms with van der Waals surface area (Å²) in [4.78, 5) is 6.32. The van der Waals surface area contributed by atoms with Crippen molar-refractivity contribution < 1.29 is 17.9 Å². The molecular weight excluding hydrogens is 367 g/mol. The van der Waals surface area contributed by atoms with Crippen LogP contribution >= 0.6 is 0 Å². The maximum Gasteiger partial charge on any atom is 0.573 e. The molecule has 0 saturated carbocycles. The van der Waals surface area contributed by atoms with Gasteiger partial charge >= 0.3 is 6.36 Å². The van der Waals surface area contributed by atoms with Crippen molar-refractivity contribution in [2.24, 2.45) is 4.99 Å². The summed E-state index contributed by atoms with van der Waals surface area (Å²) in [5.74, 6) is -0.418. The number of rotatable bonds is 3. The minimum Gasteiger partial charge on any atom is -0.404 e. The molecule has 3 aromatic carbocycles. The molecule has 1 aliphatic heterocycles. The fraction of sp³-hybridized carbons (Fsp3) is 0.0952. The minimum absolute atomic E-state index is 0.0894. The van der Waals surface area contributed by atoms with E-state index < -0.39 is 12.1 Å². The lowest BCUT2D eigenvalue weighted by Gasteiger charge is -2.25. The monoisotopic (exact) mass is 383 g/mol. The van der Waals surface area contributed by atoms with Crippen LogP contribution in [0.15, 0.2) is 71.7 Å². The molecule has 0 bridgehead atoms. The van der Waals surface area contributed by atoms with Gasteiger partial charge in [0.1, 0.15) is 0 Å². The molecule has 142 valence electrons. The highest BCUT2D eigenvalue weighted by Gasteiger charge is 2.32. The number of benzene rings is 3. The van der Waals surface area contributed by atoms with E-state index in [1.807, 2.05) is 53.4 Å². The minimum atomic E-state index is -4.78. The third-order valence-electron chi connectivity index (χ3n) is 4.42. The summed E-state index contributed by atoms with van der Waals surface area (Å²) in [6, 6.07) is 20.2. The average molecular weight is 383 g/mol. The molecule has 0 fully saturated rings. The van der Waals surface area contributed by atoms with Gasteiger partial charge in [-0.3, -0.25) is 0 Å². The van der Waals surface area contributed by atoms with Crippen molar-refractivity contribution in [2.75, 3.05) is 10.6 Å². The summed E-state index contributed by atoms with van der Waals surface area (Å²) >= 11 is 0. The number of fused-ring (bicyclic) bond motifs is 1. The number of hydrogen-bond acceptors (Lipinski definition) is 4. The van der Waals surface area contributed by atoms with Crippen LogP contribution in [0.1, 0.15) is 5.56 Å². The van der Waals surface area contributed by atoms with E-state index in [4.69, 9.17) is 5.73 Å². The van der Waals surface area contributed by atoms with Gasteiger partial charge in [0.25, 0.3) is 0 Å². The first-order chi connectivity index (χ1) is 13.4. The summed E-state index contributed by atoms with van der Waals surface area (Å²) in [5.41, 5.74) is 10.3. The number of halogens is 3. The van der Waals surface area contributed by atoms with Crippen molar-refractivity contribution >= 4 is 23.4 Å². The van der Waals surface area contributed by atoms with Gasteiger partial charge in [0.05, 0.1) is 24.3 Å². The van der Waals surface area contributed by atoms with Crippen LogP contribution in [-0.4, -0.2) is 12.7 Å². The SMILES string of the molecule is Nc1cc(N2C=Nc3cc(-c4ccccc4)ccc3C2)ccc1OC(F)(F)F. The molecule has 7 heteroatoms. The van der Waals surface area contributed by atoms with Gasteiger partial charge in [0, 0.05) is 5.69 Å². The summed E-state index contributed by atoms with van der Waals surface area (Å²) in [7, 11) is 0. The van der Waals surface area contributed by atoms with Crippen molar-refractivity contribution in [3.8, 4) is 16.9 Å². The number of ether oxygens (including phenoxy) is 1. The zero-order valence-corrected chi connectivity index (χ0v) is 14.6. The zero-order valence-electron chi connectivity index (χ0n) is 14.6. The Bertz CT molecular complexity index is 1030. The molecule has 0 unspecified atom stereocenters. The second-order valence-corrected chi connectivity index (χ2v) is 6.35. The first kappa shape index (κ1) is 17.9. The van der Waals surface area contributed by atoms with Gasteiger partial charge in [-0.05, 0) is 41.0 Å². The number of anilines is 2. The molecule has 28 heavy (non-hydrogen) atoms. The highest BCUT2D eigenvalue weighted by molar-refractivity contribution is 5.86. The number of aliphatic imine (C=N–C) groups is 1. The summed E-state index contributed by atoms with van der Waals surface area (Å²) in [6.07, 6.45) is -3.13. The Labute approximate surface area is 159 Å². The Hall–Kier alpha value is -3.48.